The summed E-state index contributed by atoms with van der Waals surface area (Å²) in [5, 5.41) is 7.59. The molecule has 2 aromatic rings. The molecule has 1 heterocycles. The summed E-state index contributed by atoms with van der Waals surface area (Å²) >= 11 is 0.949. The Bertz CT molecular complexity index is 825. The van der Waals surface area contributed by atoms with Crippen molar-refractivity contribution in [3.63, 3.8) is 0 Å². The first-order valence-corrected chi connectivity index (χ1v) is 10.7. The van der Waals surface area contributed by atoms with Gasteiger partial charge in [0.1, 0.15) is 5.01 Å². The number of alkyl halides is 3. The number of benzene rings is 1. The van der Waals surface area contributed by atoms with Crippen molar-refractivity contribution in [2.45, 2.75) is 39.9 Å². The van der Waals surface area contributed by atoms with E-state index in [4.69, 9.17) is 9.47 Å². The maximum Gasteiger partial charge on any atom is 0.434 e. The Kier molecular flexibility index (Phi) is 9.22. The van der Waals surface area contributed by atoms with Gasteiger partial charge in [-0.2, -0.15) is 13.2 Å². The normalized spacial score (nSPS) is 12.0. The SMILES string of the molecule is CCNC(=NCc1nc(C(F)(F)F)cs1)NCCc1ccc(OCC)c(OCC)c1. The van der Waals surface area contributed by atoms with E-state index >= 15 is 0 Å². The zero-order chi connectivity index (χ0) is 22.0. The lowest BCUT2D eigenvalue weighted by molar-refractivity contribution is -0.140. The number of hydrogen-bond acceptors (Lipinski definition) is 5. The molecule has 6 nitrogen and oxygen atoms in total. The van der Waals surface area contributed by atoms with Crippen LogP contribution in [-0.4, -0.2) is 37.2 Å². The third-order valence-electron chi connectivity index (χ3n) is 3.87. The minimum atomic E-state index is -4.43. The monoisotopic (exact) mass is 444 g/mol. The molecule has 0 atom stereocenters. The van der Waals surface area contributed by atoms with Crippen molar-refractivity contribution in [2.24, 2.45) is 4.99 Å². The van der Waals surface area contributed by atoms with Crippen molar-refractivity contribution < 1.29 is 22.6 Å². The van der Waals surface area contributed by atoms with Crippen LogP contribution in [0.5, 0.6) is 11.5 Å². The quantitative estimate of drug-likeness (QED) is 0.424. The van der Waals surface area contributed by atoms with E-state index in [1.165, 1.54) is 0 Å². The summed E-state index contributed by atoms with van der Waals surface area (Å²) in [6.07, 6.45) is -3.72. The van der Waals surface area contributed by atoms with Gasteiger partial charge in [0.15, 0.2) is 23.2 Å². The lowest BCUT2D eigenvalue weighted by Gasteiger charge is -2.14. The van der Waals surface area contributed by atoms with Crippen LogP contribution in [0.2, 0.25) is 0 Å². The third-order valence-corrected chi connectivity index (χ3v) is 4.71. The number of nitrogens with one attached hydrogen (secondary N) is 2. The molecule has 10 heteroatoms. The molecule has 0 aliphatic carbocycles. The zero-order valence-corrected chi connectivity index (χ0v) is 18.1. The smallest absolute Gasteiger partial charge is 0.434 e. The molecule has 166 valence electrons. The van der Waals surface area contributed by atoms with E-state index in [-0.39, 0.29) is 6.54 Å². The fourth-order valence-corrected chi connectivity index (χ4v) is 3.30. The molecule has 1 aromatic heterocycles. The Hall–Kier alpha value is -2.49. The summed E-state index contributed by atoms with van der Waals surface area (Å²) in [5.41, 5.74) is 0.191. The van der Waals surface area contributed by atoms with Crippen LogP contribution in [0.15, 0.2) is 28.6 Å². The molecule has 0 radical (unpaired) electrons. The molecule has 0 bridgehead atoms. The summed E-state index contributed by atoms with van der Waals surface area (Å²) in [6, 6.07) is 5.83. The first-order valence-electron chi connectivity index (χ1n) is 9.79. The number of rotatable bonds is 10. The highest BCUT2D eigenvalue weighted by Gasteiger charge is 2.33. The highest BCUT2D eigenvalue weighted by atomic mass is 32.1. The van der Waals surface area contributed by atoms with Gasteiger partial charge in [0.05, 0.1) is 19.8 Å². The molecule has 2 rings (SSSR count). The van der Waals surface area contributed by atoms with Gasteiger partial charge in [-0.25, -0.2) is 9.98 Å². The van der Waals surface area contributed by atoms with Gasteiger partial charge < -0.3 is 20.1 Å². The Labute approximate surface area is 178 Å². The molecule has 0 fully saturated rings. The minimum Gasteiger partial charge on any atom is -0.490 e. The van der Waals surface area contributed by atoms with Gasteiger partial charge in [-0.05, 0) is 44.9 Å². The number of thiazole rings is 1. The number of hydrogen-bond donors (Lipinski definition) is 2. The van der Waals surface area contributed by atoms with Crippen molar-refractivity contribution >= 4 is 17.3 Å². The molecule has 0 aliphatic rings. The predicted molar refractivity (Wildman–Crippen MR) is 112 cm³/mol. The number of halogens is 3. The molecule has 1 aromatic carbocycles. The highest BCUT2D eigenvalue weighted by molar-refractivity contribution is 7.09. The van der Waals surface area contributed by atoms with Crippen molar-refractivity contribution in [3.8, 4) is 11.5 Å². The van der Waals surface area contributed by atoms with Crippen LogP contribution >= 0.6 is 11.3 Å². The van der Waals surface area contributed by atoms with Gasteiger partial charge in [0, 0.05) is 18.5 Å². The standard InChI is InChI=1S/C20H27F3N4O2S/c1-4-24-19(26-12-18-27-17(13-30-18)20(21,22)23)25-10-9-14-7-8-15(28-5-2)16(11-14)29-6-3/h7-8,11,13H,4-6,9-10,12H2,1-3H3,(H2,24,25,26). The fraction of sp³-hybridized carbons (Fsp3) is 0.500. The molecule has 0 saturated carbocycles. The van der Waals surface area contributed by atoms with Crippen molar-refractivity contribution in [1.82, 2.24) is 15.6 Å². The number of aromatic nitrogens is 1. The van der Waals surface area contributed by atoms with E-state index in [2.05, 4.69) is 20.6 Å². The molecule has 0 unspecified atom stereocenters. The summed E-state index contributed by atoms with van der Waals surface area (Å²) in [4.78, 5) is 7.92. The van der Waals surface area contributed by atoms with E-state index in [0.29, 0.717) is 55.2 Å². The van der Waals surface area contributed by atoms with E-state index in [1.54, 1.807) is 0 Å². The largest absolute Gasteiger partial charge is 0.490 e. The maximum atomic E-state index is 12.7. The first-order chi connectivity index (χ1) is 14.4. The van der Waals surface area contributed by atoms with E-state index < -0.39 is 11.9 Å². The average Bonchev–Trinajstić information content (AvgIpc) is 3.18. The lowest BCUT2D eigenvalue weighted by atomic mass is 10.1. The molecule has 0 amide bonds. The number of aliphatic imine (C=N–C) groups is 1. The summed E-state index contributed by atoms with van der Waals surface area (Å²) in [7, 11) is 0. The molecule has 0 aliphatic heterocycles. The van der Waals surface area contributed by atoms with Gasteiger partial charge in [-0.1, -0.05) is 6.07 Å². The van der Waals surface area contributed by atoms with Gasteiger partial charge in [-0.3, -0.25) is 0 Å². The van der Waals surface area contributed by atoms with Crippen molar-refractivity contribution in [2.75, 3.05) is 26.3 Å². The van der Waals surface area contributed by atoms with E-state index in [0.717, 1.165) is 22.3 Å². The summed E-state index contributed by atoms with van der Waals surface area (Å²) < 4.78 is 49.2. The van der Waals surface area contributed by atoms with Crippen LogP contribution in [0, 0.1) is 0 Å². The maximum absolute atomic E-state index is 12.7. The third kappa shape index (κ3) is 7.40. The second-order valence-corrected chi connectivity index (χ2v) is 7.09. The Morgan fingerprint density at radius 2 is 1.83 bits per heavy atom. The fourth-order valence-electron chi connectivity index (χ4n) is 2.58. The van der Waals surface area contributed by atoms with Gasteiger partial charge in [-0.15, -0.1) is 11.3 Å². The van der Waals surface area contributed by atoms with Crippen LogP contribution in [0.25, 0.3) is 0 Å². The first kappa shape index (κ1) is 23.8. The minimum absolute atomic E-state index is 0.0770. The summed E-state index contributed by atoms with van der Waals surface area (Å²) in [6.45, 7) is 8.18. The Morgan fingerprint density at radius 1 is 1.10 bits per heavy atom. The molecule has 0 spiro atoms. The topological polar surface area (TPSA) is 67.8 Å². The lowest BCUT2D eigenvalue weighted by Crippen LogP contribution is -2.38. The van der Waals surface area contributed by atoms with Crippen molar-refractivity contribution in [3.05, 3.63) is 39.8 Å². The second kappa shape index (κ2) is 11.6. The van der Waals surface area contributed by atoms with Crippen LogP contribution < -0.4 is 20.1 Å². The van der Waals surface area contributed by atoms with Gasteiger partial charge in [0.25, 0.3) is 0 Å². The molecular formula is C20H27F3N4O2S. The molecule has 0 saturated heterocycles. The van der Waals surface area contributed by atoms with Crippen molar-refractivity contribution in [1.29, 1.82) is 0 Å². The number of nitrogens with zero attached hydrogens (tertiary/aromatic N) is 2. The average molecular weight is 445 g/mol. The second-order valence-electron chi connectivity index (χ2n) is 6.14. The van der Waals surface area contributed by atoms with Gasteiger partial charge in [0.2, 0.25) is 0 Å². The Morgan fingerprint density at radius 3 is 2.47 bits per heavy atom. The molecule has 30 heavy (non-hydrogen) atoms. The van der Waals surface area contributed by atoms with Gasteiger partial charge >= 0.3 is 6.18 Å². The number of ether oxygens (including phenoxy) is 2. The van der Waals surface area contributed by atoms with Crippen LogP contribution in [-0.2, 0) is 19.1 Å². The van der Waals surface area contributed by atoms with Crippen LogP contribution in [0.3, 0.4) is 0 Å². The summed E-state index contributed by atoms with van der Waals surface area (Å²) in [5.74, 6) is 1.95. The van der Waals surface area contributed by atoms with E-state index in [1.807, 2.05) is 39.0 Å². The Balaban J connectivity index is 1.95. The van der Waals surface area contributed by atoms with Crippen LogP contribution in [0.1, 0.15) is 37.0 Å². The highest BCUT2D eigenvalue weighted by Crippen LogP contribution is 2.30. The van der Waals surface area contributed by atoms with Crippen LogP contribution in [0.4, 0.5) is 13.2 Å². The predicted octanol–water partition coefficient (Wildman–Crippen LogP) is 4.26. The van der Waals surface area contributed by atoms with E-state index in [9.17, 15) is 13.2 Å². The number of guanidine groups is 1. The zero-order valence-electron chi connectivity index (χ0n) is 17.3. The molecular weight excluding hydrogens is 417 g/mol. The molecule has 2 N–H and O–H groups in total.